The lowest BCUT2D eigenvalue weighted by atomic mass is 9.78. The molecule has 3 fully saturated rings. The second-order valence-electron chi connectivity index (χ2n) is 9.24. The summed E-state index contributed by atoms with van der Waals surface area (Å²) in [6.45, 7) is 7.99. The van der Waals surface area contributed by atoms with Crippen molar-refractivity contribution in [2.24, 2.45) is 5.41 Å². The molecule has 2 aromatic rings. The number of halogens is 1. The van der Waals surface area contributed by atoms with E-state index in [9.17, 15) is 4.79 Å². The molecule has 0 unspecified atom stereocenters. The number of nitrogens with zero attached hydrogens (tertiary/aromatic N) is 5. The lowest BCUT2D eigenvalue weighted by molar-refractivity contribution is -0.00294. The number of carbonyl (C=O) groups excluding carboxylic acids is 1. The summed E-state index contributed by atoms with van der Waals surface area (Å²) >= 11 is 6.17. The van der Waals surface area contributed by atoms with Crippen LogP contribution in [-0.4, -0.2) is 77.8 Å². The third-order valence-corrected chi connectivity index (χ3v) is 7.39. The lowest BCUT2D eigenvalue weighted by Crippen LogP contribution is -2.58. The van der Waals surface area contributed by atoms with Gasteiger partial charge < -0.3 is 14.5 Å². The highest BCUT2D eigenvalue weighted by molar-refractivity contribution is 6.30. The van der Waals surface area contributed by atoms with Gasteiger partial charge in [-0.15, -0.1) is 0 Å². The molecule has 170 valence electrons. The number of pyridine rings is 2. The average molecular weight is 456 g/mol. The number of aromatic nitrogens is 2. The number of hydrogen-bond donors (Lipinski definition) is 0. The normalized spacial score (nSPS) is 22.8. The summed E-state index contributed by atoms with van der Waals surface area (Å²) in [6.07, 6.45) is 8.82. The molecule has 2 aliphatic heterocycles. The molecule has 1 aliphatic carbocycles. The van der Waals surface area contributed by atoms with E-state index in [4.69, 9.17) is 21.3 Å². The summed E-state index contributed by atoms with van der Waals surface area (Å²) in [6, 6.07) is 6.62. The van der Waals surface area contributed by atoms with Crippen molar-refractivity contribution in [2.45, 2.75) is 32.2 Å². The SMILES string of the molecule is CCOC(=O)N1CC2(CC[C@@H](N3CCN(c4ncccc4-c4cncc(Cl)c4)CC3)C2)C1. The van der Waals surface area contributed by atoms with Crippen LogP contribution in [0.25, 0.3) is 11.1 Å². The van der Waals surface area contributed by atoms with Gasteiger partial charge in [0.1, 0.15) is 5.82 Å². The van der Waals surface area contributed by atoms with Crippen LogP contribution in [-0.2, 0) is 4.74 Å². The van der Waals surface area contributed by atoms with E-state index in [-0.39, 0.29) is 6.09 Å². The number of ether oxygens (including phenoxy) is 1. The topological polar surface area (TPSA) is 61.8 Å². The third-order valence-electron chi connectivity index (χ3n) is 7.19. The minimum absolute atomic E-state index is 0.156. The van der Waals surface area contributed by atoms with Crippen molar-refractivity contribution in [3.05, 3.63) is 41.8 Å². The zero-order valence-electron chi connectivity index (χ0n) is 18.5. The number of hydrogen-bond acceptors (Lipinski definition) is 6. The van der Waals surface area contributed by atoms with Crippen LogP contribution in [0.5, 0.6) is 0 Å². The van der Waals surface area contributed by atoms with Gasteiger partial charge in [0, 0.05) is 80.4 Å². The standard InChI is InChI=1S/C24H30ClN5O2/c1-2-32-23(31)30-16-24(17-30)6-5-20(13-24)28-8-10-29(11-9-28)22-21(4-3-7-27-22)18-12-19(25)15-26-14-18/h3-4,7,12,14-15,20H,2,5-6,8-11,13,16-17H2,1H3/t20-/m1/s1. The first-order chi connectivity index (χ1) is 15.6. The van der Waals surface area contributed by atoms with Crippen molar-refractivity contribution < 1.29 is 9.53 Å². The first-order valence-electron chi connectivity index (χ1n) is 11.5. The number of anilines is 1. The molecule has 2 aromatic heterocycles. The predicted octanol–water partition coefficient (Wildman–Crippen LogP) is 3.93. The highest BCUT2D eigenvalue weighted by Gasteiger charge is 2.51. The Morgan fingerprint density at radius 3 is 2.81 bits per heavy atom. The highest BCUT2D eigenvalue weighted by Crippen LogP contribution is 2.47. The Balaban J connectivity index is 1.19. The zero-order valence-corrected chi connectivity index (χ0v) is 19.3. The van der Waals surface area contributed by atoms with Crippen molar-refractivity contribution in [2.75, 3.05) is 50.8 Å². The summed E-state index contributed by atoms with van der Waals surface area (Å²) in [7, 11) is 0. The number of rotatable bonds is 4. The Kier molecular flexibility index (Phi) is 5.95. The van der Waals surface area contributed by atoms with E-state index in [1.807, 2.05) is 36.4 Å². The predicted molar refractivity (Wildman–Crippen MR) is 125 cm³/mol. The van der Waals surface area contributed by atoms with Crippen LogP contribution in [0.2, 0.25) is 5.02 Å². The minimum atomic E-state index is -0.156. The fourth-order valence-electron chi connectivity index (χ4n) is 5.62. The maximum atomic E-state index is 11.9. The van der Waals surface area contributed by atoms with E-state index in [0.717, 1.165) is 56.2 Å². The van der Waals surface area contributed by atoms with E-state index < -0.39 is 0 Å². The maximum absolute atomic E-state index is 11.9. The van der Waals surface area contributed by atoms with Gasteiger partial charge in [-0.25, -0.2) is 9.78 Å². The van der Waals surface area contributed by atoms with E-state index in [0.29, 0.717) is 23.1 Å². The monoisotopic (exact) mass is 455 g/mol. The fourth-order valence-corrected chi connectivity index (χ4v) is 5.79. The van der Waals surface area contributed by atoms with Crippen molar-refractivity contribution in [3.8, 4) is 11.1 Å². The zero-order chi connectivity index (χ0) is 22.1. The Morgan fingerprint density at radius 2 is 2.06 bits per heavy atom. The molecule has 32 heavy (non-hydrogen) atoms. The molecule has 4 heterocycles. The summed E-state index contributed by atoms with van der Waals surface area (Å²) in [5.74, 6) is 1.00. The summed E-state index contributed by atoms with van der Waals surface area (Å²) < 4.78 is 5.15. The molecule has 1 saturated carbocycles. The van der Waals surface area contributed by atoms with Gasteiger partial charge in [-0.2, -0.15) is 0 Å². The van der Waals surface area contributed by atoms with Gasteiger partial charge in [0.05, 0.1) is 11.6 Å². The van der Waals surface area contributed by atoms with Crippen LogP contribution < -0.4 is 4.90 Å². The molecule has 1 atom stereocenters. The number of amides is 1. The van der Waals surface area contributed by atoms with Crippen LogP contribution in [0.1, 0.15) is 26.2 Å². The highest BCUT2D eigenvalue weighted by atomic mass is 35.5. The molecule has 3 aliphatic rings. The van der Waals surface area contributed by atoms with Crippen molar-refractivity contribution >= 4 is 23.5 Å². The smallest absolute Gasteiger partial charge is 0.409 e. The Morgan fingerprint density at radius 1 is 1.25 bits per heavy atom. The first kappa shape index (κ1) is 21.5. The summed E-state index contributed by atoms with van der Waals surface area (Å²) in [5, 5.41) is 0.634. The molecular weight excluding hydrogens is 426 g/mol. The van der Waals surface area contributed by atoms with E-state index in [1.54, 1.807) is 6.20 Å². The van der Waals surface area contributed by atoms with Crippen molar-refractivity contribution in [3.63, 3.8) is 0 Å². The maximum Gasteiger partial charge on any atom is 0.409 e. The molecular formula is C24H30ClN5O2. The van der Waals surface area contributed by atoms with Crippen LogP contribution in [0.3, 0.4) is 0 Å². The molecule has 2 saturated heterocycles. The van der Waals surface area contributed by atoms with Gasteiger partial charge in [-0.1, -0.05) is 11.6 Å². The fraction of sp³-hybridized carbons (Fsp3) is 0.542. The third kappa shape index (κ3) is 4.16. The molecule has 0 N–H and O–H groups in total. The van der Waals surface area contributed by atoms with Crippen LogP contribution in [0.4, 0.5) is 10.6 Å². The van der Waals surface area contributed by atoms with Gasteiger partial charge in [-0.3, -0.25) is 9.88 Å². The molecule has 0 radical (unpaired) electrons. The molecule has 1 amide bonds. The largest absolute Gasteiger partial charge is 0.450 e. The number of piperazine rings is 1. The van der Waals surface area contributed by atoms with Crippen LogP contribution in [0, 0.1) is 5.41 Å². The Labute approximate surface area is 194 Å². The summed E-state index contributed by atoms with van der Waals surface area (Å²) in [5.41, 5.74) is 2.38. The van der Waals surface area contributed by atoms with E-state index >= 15 is 0 Å². The van der Waals surface area contributed by atoms with Gasteiger partial charge in [0.15, 0.2) is 0 Å². The van der Waals surface area contributed by atoms with Gasteiger partial charge in [0.2, 0.25) is 0 Å². The summed E-state index contributed by atoms with van der Waals surface area (Å²) in [4.78, 5) is 27.8. The second kappa shape index (κ2) is 8.87. The molecule has 7 nitrogen and oxygen atoms in total. The van der Waals surface area contributed by atoms with E-state index in [1.165, 1.54) is 19.3 Å². The lowest BCUT2D eigenvalue weighted by Gasteiger charge is -2.48. The van der Waals surface area contributed by atoms with Crippen LogP contribution >= 0.6 is 11.6 Å². The Bertz CT molecular complexity index is 972. The number of carbonyl (C=O) groups is 1. The molecule has 5 rings (SSSR count). The molecule has 1 spiro atoms. The van der Waals surface area contributed by atoms with Gasteiger partial charge in [0.25, 0.3) is 0 Å². The van der Waals surface area contributed by atoms with Gasteiger partial charge >= 0.3 is 6.09 Å². The van der Waals surface area contributed by atoms with Crippen LogP contribution in [0.15, 0.2) is 36.8 Å². The number of likely N-dealkylation sites (tertiary alicyclic amines) is 1. The van der Waals surface area contributed by atoms with Gasteiger partial charge in [-0.05, 0) is 44.4 Å². The molecule has 8 heteroatoms. The minimum Gasteiger partial charge on any atom is -0.450 e. The van der Waals surface area contributed by atoms with E-state index in [2.05, 4.69) is 20.9 Å². The first-order valence-corrected chi connectivity index (χ1v) is 11.9. The van der Waals surface area contributed by atoms with Crippen molar-refractivity contribution in [1.29, 1.82) is 0 Å². The van der Waals surface area contributed by atoms with Crippen molar-refractivity contribution in [1.82, 2.24) is 19.8 Å². The molecule has 0 aromatic carbocycles. The molecule has 0 bridgehead atoms. The average Bonchev–Trinajstić information content (AvgIpc) is 3.24. The Hall–Kier alpha value is -2.38. The quantitative estimate of drug-likeness (QED) is 0.696. The second-order valence-corrected chi connectivity index (χ2v) is 9.68.